The molecular weight excluding hydrogens is 482 g/mol. The highest BCUT2D eigenvalue weighted by Gasteiger charge is 2.20. The minimum Gasteiger partial charge on any atom is -0.481 e. The molecule has 0 aliphatic heterocycles. The molecule has 4 aromatic rings. The lowest BCUT2D eigenvalue weighted by Gasteiger charge is -2.21. The van der Waals surface area contributed by atoms with E-state index in [2.05, 4.69) is 16.0 Å². The van der Waals surface area contributed by atoms with Crippen molar-refractivity contribution in [3.05, 3.63) is 90.0 Å². The lowest BCUT2D eigenvalue weighted by Crippen LogP contribution is -2.43. The summed E-state index contributed by atoms with van der Waals surface area (Å²) in [5.74, 6) is -0.662. The normalized spacial score (nSPS) is 11.8. The molecule has 4 rings (SSSR count). The zero-order chi connectivity index (χ0) is 27.1. The van der Waals surface area contributed by atoms with Crippen LogP contribution in [0.5, 0.6) is 0 Å². The molecule has 2 amide bonds. The lowest BCUT2D eigenvalue weighted by atomic mass is 10.0. The number of rotatable bonds is 11. The largest absolute Gasteiger partial charge is 0.481 e. The van der Waals surface area contributed by atoms with Crippen LogP contribution in [0, 0.1) is 0 Å². The topological polar surface area (TPSA) is 121 Å². The molecule has 4 N–H and O–H groups in total. The summed E-state index contributed by atoms with van der Waals surface area (Å²) in [6, 6.07) is 24.0. The van der Waals surface area contributed by atoms with Crippen molar-refractivity contribution < 1.29 is 23.9 Å². The summed E-state index contributed by atoms with van der Waals surface area (Å²) in [7, 11) is 0. The second-order valence-corrected chi connectivity index (χ2v) is 9.39. The van der Waals surface area contributed by atoms with E-state index in [9.17, 15) is 14.4 Å². The first-order valence-corrected chi connectivity index (χ1v) is 12.5. The first-order valence-electron chi connectivity index (χ1n) is 12.5. The zero-order valence-electron chi connectivity index (χ0n) is 21.4. The number of carbonyl (C=O) groups is 3. The van der Waals surface area contributed by atoms with E-state index in [1.807, 2.05) is 68.4 Å². The number of carboxylic acids is 1. The number of anilines is 1. The van der Waals surface area contributed by atoms with Crippen LogP contribution >= 0.6 is 0 Å². The van der Waals surface area contributed by atoms with Crippen LogP contribution in [0.2, 0.25) is 0 Å². The third kappa shape index (κ3) is 7.00. The molecule has 0 saturated heterocycles. The van der Waals surface area contributed by atoms with E-state index < -0.39 is 12.0 Å². The highest BCUT2D eigenvalue weighted by Crippen LogP contribution is 2.28. The van der Waals surface area contributed by atoms with Crippen LogP contribution in [0.1, 0.15) is 36.2 Å². The van der Waals surface area contributed by atoms with Gasteiger partial charge in [-0.15, -0.1) is 0 Å². The Morgan fingerprint density at radius 3 is 2.29 bits per heavy atom. The van der Waals surface area contributed by atoms with E-state index in [0.717, 1.165) is 27.9 Å². The van der Waals surface area contributed by atoms with E-state index in [1.54, 1.807) is 24.3 Å². The average Bonchev–Trinajstić information content (AvgIpc) is 3.33. The molecule has 0 aliphatic rings. The Bertz CT molecular complexity index is 1380. The summed E-state index contributed by atoms with van der Waals surface area (Å²) >= 11 is 0. The third-order valence-corrected chi connectivity index (χ3v) is 5.96. The lowest BCUT2D eigenvalue weighted by molar-refractivity contribution is -0.136. The van der Waals surface area contributed by atoms with Crippen molar-refractivity contribution in [1.82, 2.24) is 10.6 Å². The van der Waals surface area contributed by atoms with Gasteiger partial charge in [0.15, 0.2) is 0 Å². The van der Waals surface area contributed by atoms with Gasteiger partial charge >= 0.3 is 5.97 Å². The Morgan fingerprint density at radius 2 is 1.63 bits per heavy atom. The maximum absolute atomic E-state index is 13.0. The van der Waals surface area contributed by atoms with E-state index in [0.29, 0.717) is 17.7 Å². The Labute approximate surface area is 221 Å². The van der Waals surface area contributed by atoms with Gasteiger partial charge in [-0.1, -0.05) is 42.5 Å². The van der Waals surface area contributed by atoms with Gasteiger partial charge in [-0.2, -0.15) is 0 Å². The molecule has 8 nitrogen and oxygen atoms in total. The van der Waals surface area contributed by atoms with Crippen molar-refractivity contribution >= 4 is 34.4 Å². The summed E-state index contributed by atoms with van der Waals surface area (Å²) in [6.45, 7) is 3.88. The molecule has 0 radical (unpaired) electrons. The maximum Gasteiger partial charge on any atom is 0.305 e. The SMILES string of the molecule is CC(C)NC(=O)[C@@H](Cc1ccc(-c2cc3ccccc3o2)cc1)Nc1ccc(C(=O)NCCC(=O)O)cc1. The average molecular weight is 514 g/mol. The molecule has 0 spiro atoms. The number of carboxylic acid groups (broad SMARTS) is 1. The van der Waals surface area contributed by atoms with Crippen molar-refractivity contribution in [2.75, 3.05) is 11.9 Å². The fourth-order valence-corrected chi connectivity index (χ4v) is 4.06. The van der Waals surface area contributed by atoms with Gasteiger partial charge in [-0.05, 0) is 55.8 Å². The number of fused-ring (bicyclic) bond motifs is 1. The van der Waals surface area contributed by atoms with Crippen LogP contribution in [0.3, 0.4) is 0 Å². The minimum atomic E-state index is -0.972. The van der Waals surface area contributed by atoms with Gasteiger partial charge < -0.3 is 25.5 Å². The standard InChI is InChI=1S/C30H31N3O5/c1-19(2)32-30(37)25(33-24-13-11-22(12-14-24)29(36)31-16-15-28(34)35)17-20-7-9-21(10-8-20)27-18-23-5-3-4-6-26(23)38-27/h3-14,18-19,25,33H,15-17H2,1-2H3,(H,31,36)(H,32,37)(H,34,35)/t25-/m1/s1. The predicted molar refractivity (Wildman–Crippen MR) is 147 cm³/mol. The van der Waals surface area contributed by atoms with E-state index >= 15 is 0 Å². The Kier molecular flexibility index (Phi) is 8.43. The molecule has 3 aromatic carbocycles. The van der Waals surface area contributed by atoms with Crippen molar-refractivity contribution in [1.29, 1.82) is 0 Å². The maximum atomic E-state index is 13.0. The summed E-state index contributed by atoms with van der Waals surface area (Å²) in [5.41, 5.74) is 3.87. The zero-order valence-corrected chi connectivity index (χ0v) is 21.4. The molecule has 0 saturated carbocycles. The van der Waals surface area contributed by atoms with Gasteiger partial charge in [-0.3, -0.25) is 14.4 Å². The summed E-state index contributed by atoms with van der Waals surface area (Å²) in [4.78, 5) is 35.9. The molecule has 8 heteroatoms. The van der Waals surface area contributed by atoms with Crippen LogP contribution in [0.4, 0.5) is 5.69 Å². The molecule has 0 unspecified atom stereocenters. The first kappa shape index (κ1) is 26.5. The number of para-hydroxylation sites is 1. The van der Waals surface area contributed by atoms with Crippen molar-refractivity contribution in [2.24, 2.45) is 0 Å². The molecule has 0 aliphatic carbocycles. The molecule has 38 heavy (non-hydrogen) atoms. The second kappa shape index (κ2) is 12.1. The molecule has 1 atom stereocenters. The predicted octanol–water partition coefficient (Wildman–Crippen LogP) is 4.85. The Hall–Kier alpha value is -4.59. The number of hydrogen-bond acceptors (Lipinski definition) is 5. The molecule has 0 fully saturated rings. The number of carbonyl (C=O) groups excluding carboxylic acids is 2. The minimum absolute atomic E-state index is 0.0147. The Morgan fingerprint density at radius 1 is 0.921 bits per heavy atom. The van der Waals surface area contributed by atoms with E-state index in [-0.39, 0.29) is 30.8 Å². The smallest absolute Gasteiger partial charge is 0.305 e. The number of furan rings is 1. The number of benzene rings is 3. The summed E-state index contributed by atoms with van der Waals surface area (Å²) < 4.78 is 5.96. The Balaban J connectivity index is 1.45. The number of amides is 2. The number of aliphatic carboxylic acids is 1. The van der Waals surface area contributed by atoms with Crippen molar-refractivity contribution in [3.63, 3.8) is 0 Å². The van der Waals surface area contributed by atoms with Crippen LogP contribution in [0.25, 0.3) is 22.3 Å². The first-order chi connectivity index (χ1) is 18.3. The van der Waals surface area contributed by atoms with Gasteiger partial charge in [-0.25, -0.2) is 0 Å². The molecule has 196 valence electrons. The van der Waals surface area contributed by atoms with Gasteiger partial charge in [0.1, 0.15) is 17.4 Å². The fourth-order valence-electron chi connectivity index (χ4n) is 4.06. The highest BCUT2D eigenvalue weighted by atomic mass is 16.4. The summed E-state index contributed by atoms with van der Waals surface area (Å²) in [5, 5.41) is 18.6. The van der Waals surface area contributed by atoms with Crippen LogP contribution in [0.15, 0.2) is 83.3 Å². The highest BCUT2D eigenvalue weighted by molar-refractivity contribution is 5.94. The number of hydrogen-bond donors (Lipinski definition) is 4. The summed E-state index contributed by atoms with van der Waals surface area (Å²) in [6.07, 6.45) is 0.313. The van der Waals surface area contributed by atoms with Gasteiger partial charge in [0.2, 0.25) is 5.91 Å². The van der Waals surface area contributed by atoms with Crippen molar-refractivity contribution in [2.45, 2.75) is 38.8 Å². The van der Waals surface area contributed by atoms with E-state index in [1.165, 1.54) is 0 Å². The van der Waals surface area contributed by atoms with E-state index in [4.69, 9.17) is 9.52 Å². The van der Waals surface area contributed by atoms with Crippen LogP contribution in [-0.2, 0) is 16.0 Å². The monoisotopic (exact) mass is 513 g/mol. The molecule has 1 heterocycles. The second-order valence-electron chi connectivity index (χ2n) is 9.39. The fraction of sp³-hybridized carbons (Fsp3) is 0.233. The molecular formula is C30H31N3O5. The number of nitrogens with one attached hydrogen (secondary N) is 3. The third-order valence-electron chi connectivity index (χ3n) is 5.96. The van der Waals surface area contributed by atoms with Crippen molar-refractivity contribution in [3.8, 4) is 11.3 Å². The quantitative estimate of drug-likeness (QED) is 0.228. The molecule has 0 bridgehead atoms. The van der Waals surface area contributed by atoms with Gasteiger partial charge in [0, 0.05) is 41.2 Å². The van der Waals surface area contributed by atoms with Crippen LogP contribution in [-0.4, -0.2) is 41.5 Å². The molecule has 1 aromatic heterocycles. The van der Waals surface area contributed by atoms with Gasteiger partial charge in [0.05, 0.1) is 6.42 Å². The van der Waals surface area contributed by atoms with Gasteiger partial charge in [0.25, 0.3) is 5.91 Å². The van der Waals surface area contributed by atoms with Crippen LogP contribution < -0.4 is 16.0 Å².